The van der Waals surface area contributed by atoms with Gasteiger partial charge in [0.1, 0.15) is 11.8 Å². The van der Waals surface area contributed by atoms with Gasteiger partial charge in [-0.1, -0.05) is 51.1 Å². The number of ether oxygens (including phenoxy) is 1. The first-order valence-corrected chi connectivity index (χ1v) is 14.8. The molecule has 1 amide bonds. The van der Waals surface area contributed by atoms with Gasteiger partial charge in [-0.15, -0.1) is 0 Å². The molecule has 2 aromatic rings. The highest BCUT2D eigenvalue weighted by Gasteiger charge is 2.59. The van der Waals surface area contributed by atoms with Crippen LogP contribution >= 0.6 is 0 Å². The number of nitrogens with one attached hydrogen (secondary N) is 1. The fourth-order valence-corrected chi connectivity index (χ4v) is 7.41. The third kappa shape index (κ3) is 5.90. The molecule has 0 unspecified atom stereocenters. The molecular weight excluding hydrogens is 545 g/mol. The molecule has 2 saturated carbocycles. The molecule has 1 spiro atoms. The number of alkyl halides is 3. The molecule has 0 radical (unpaired) electrons. The number of hydrogen-bond donors (Lipinski definition) is 2. The molecule has 2 aromatic carbocycles. The summed E-state index contributed by atoms with van der Waals surface area (Å²) in [6.45, 7) is 5.88. The molecule has 3 aliphatic rings. The average Bonchev–Trinajstić information content (AvgIpc) is 3.59. The van der Waals surface area contributed by atoms with E-state index in [0.717, 1.165) is 43.4 Å². The maximum atomic E-state index is 14.4. The number of carboxylic acids is 1. The van der Waals surface area contributed by atoms with Gasteiger partial charge in [-0.25, -0.2) is 4.79 Å². The summed E-state index contributed by atoms with van der Waals surface area (Å²) in [4.78, 5) is 29.0. The smallest absolute Gasteiger partial charge is 0.416 e. The van der Waals surface area contributed by atoms with Crippen molar-refractivity contribution in [1.29, 1.82) is 0 Å². The van der Waals surface area contributed by atoms with Crippen molar-refractivity contribution in [2.24, 2.45) is 22.7 Å². The molecule has 4 atom stereocenters. The standard InChI is InChI=1S/C33H41F3N2O4/c1-31(2,3)25-26(37-19-22-18-23(33(34,35)36)10-11-24(22)42-4)27(20-8-6-5-7-9-20)38(28(25)30(40)41)29(39)21-12-14-32(15-13-21)16-17-32/h5-11,18,21,25-28,37H,12-17,19H2,1-4H3,(H,40,41)/t25-,26-,27-,28-/m1/s1. The first-order chi connectivity index (χ1) is 19.8. The van der Waals surface area contributed by atoms with Crippen LogP contribution < -0.4 is 10.1 Å². The highest BCUT2D eigenvalue weighted by atomic mass is 19.4. The van der Waals surface area contributed by atoms with Crippen molar-refractivity contribution in [1.82, 2.24) is 10.2 Å². The molecule has 0 bridgehead atoms. The van der Waals surface area contributed by atoms with Crippen LogP contribution in [0, 0.1) is 22.7 Å². The summed E-state index contributed by atoms with van der Waals surface area (Å²) in [6, 6.07) is 10.5. The third-order valence-electron chi connectivity index (χ3n) is 9.80. The Morgan fingerprint density at radius 1 is 1.02 bits per heavy atom. The zero-order chi connectivity index (χ0) is 30.4. The number of benzene rings is 2. The molecule has 6 nitrogen and oxygen atoms in total. The van der Waals surface area contributed by atoms with Gasteiger partial charge in [-0.05, 0) is 73.1 Å². The van der Waals surface area contributed by atoms with Crippen LogP contribution in [0.4, 0.5) is 13.2 Å². The van der Waals surface area contributed by atoms with Crippen molar-refractivity contribution in [3.8, 4) is 5.75 Å². The van der Waals surface area contributed by atoms with Crippen LogP contribution in [-0.4, -0.2) is 41.1 Å². The van der Waals surface area contributed by atoms with Gasteiger partial charge in [-0.2, -0.15) is 13.2 Å². The molecule has 1 heterocycles. The number of halogens is 3. The van der Waals surface area contributed by atoms with E-state index in [-0.39, 0.29) is 18.4 Å². The van der Waals surface area contributed by atoms with Crippen molar-refractivity contribution in [2.45, 2.75) is 90.1 Å². The Balaban J connectivity index is 1.55. The van der Waals surface area contributed by atoms with Crippen LogP contribution in [0.2, 0.25) is 0 Å². The van der Waals surface area contributed by atoms with Gasteiger partial charge in [0.2, 0.25) is 5.91 Å². The first-order valence-electron chi connectivity index (χ1n) is 14.8. The number of carboxylic acid groups (broad SMARTS) is 1. The van der Waals surface area contributed by atoms with E-state index in [1.807, 2.05) is 51.1 Å². The zero-order valence-corrected chi connectivity index (χ0v) is 24.7. The van der Waals surface area contributed by atoms with Crippen molar-refractivity contribution >= 4 is 11.9 Å². The highest BCUT2D eigenvalue weighted by Crippen LogP contribution is 2.58. The zero-order valence-electron chi connectivity index (χ0n) is 24.7. The van der Waals surface area contributed by atoms with Gasteiger partial charge in [-0.3, -0.25) is 4.79 Å². The average molecular weight is 587 g/mol. The molecule has 1 aliphatic heterocycles. The van der Waals surface area contributed by atoms with Crippen LogP contribution in [0.1, 0.15) is 82.0 Å². The van der Waals surface area contributed by atoms with Gasteiger partial charge < -0.3 is 20.1 Å². The molecule has 228 valence electrons. The molecule has 1 saturated heterocycles. The minimum atomic E-state index is -4.52. The van der Waals surface area contributed by atoms with E-state index < -0.39 is 47.2 Å². The van der Waals surface area contributed by atoms with Crippen molar-refractivity contribution in [3.05, 3.63) is 65.2 Å². The number of aliphatic carboxylic acids is 1. The third-order valence-corrected chi connectivity index (χ3v) is 9.80. The van der Waals surface area contributed by atoms with Crippen LogP contribution in [0.15, 0.2) is 48.5 Å². The van der Waals surface area contributed by atoms with Crippen LogP contribution in [0.5, 0.6) is 5.75 Å². The minimum absolute atomic E-state index is 0.00793. The van der Waals surface area contributed by atoms with Crippen LogP contribution in [0.25, 0.3) is 0 Å². The number of likely N-dealkylation sites (tertiary alicyclic amines) is 1. The van der Waals surface area contributed by atoms with E-state index in [2.05, 4.69) is 5.32 Å². The second kappa shape index (κ2) is 11.2. The molecule has 5 rings (SSSR count). The van der Waals surface area contributed by atoms with E-state index >= 15 is 0 Å². The summed E-state index contributed by atoms with van der Waals surface area (Å²) >= 11 is 0. The van der Waals surface area contributed by atoms with Crippen LogP contribution in [-0.2, 0) is 22.3 Å². The van der Waals surface area contributed by atoms with E-state index in [1.54, 1.807) is 4.90 Å². The summed E-state index contributed by atoms with van der Waals surface area (Å²) in [7, 11) is 1.41. The normalized spacial score (nSPS) is 25.9. The van der Waals surface area contributed by atoms with Crippen molar-refractivity contribution in [2.75, 3.05) is 7.11 Å². The van der Waals surface area contributed by atoms with Gasteiger partial charge in [0.15, 0.2) is 0 Å². The van der Waals surface area contributed by atoms with Crippen molar-refractivity contribution < 1.29 is 32.6 Å². The van der Waals surface area contributed by atoms with E-state index in [1.165, 1.54) is 26.0 Å². The Bertz CT molecular complexity index is 1290. The quantitative estimate of drug-likeness (QED) is 0.371. The second-order valence-corrected chi connectivity index (χ2v) is 13.5. The molecule has 3 fully saturated rings. The van der Waals surface area contributed by atoms with Gasteiger partial charge >= 0.3 is 12.1 Å². The first kappa shape index (κ1) is 30.4. The summed E-state index contributed by atoms with van der Waals surface area (Å²) in [6.07, 6.45) is 1.38. The Kier molecular flexibility index (Phi) is 8.11. The number of carbonyl (C=O) groups excluding carboxylic acids is 1. The number of rotatable bonds is 7. The molecule has 42 heavy (non-hydrogen) atoms. The maximum Gasteiger partial charge on any atom is 0.416 e. The number of amides is 1. The number of nitrogens with zero attached hydrogens (tertiary/aromatic N) is 1. The summed E-state index contributed by atoms with van der Waals surface area (Å²) in [5, 5.41) is 14.1. The Hall–Kier alpha value is -3.07. The van der Waals surface area contributed by atoms with Gasteiger partial charge in [0.05, 0.1) is 18.7 Å². The molecule has 2 N–H and O–H groups in total. The van der Waals surface area contributed by atoms with E-state index in [0.29, 0.717) is 16.7 Å². The van der Waals surface area contributed by atoms with Crippen molar-refractivity contribution in [3.63, 3.8) is 0 Å². The lowest BCUT2D eigenvalue weighted by molar-refractivity contribution is -0.154. The fraction of sp³-hybridized carbons (Fsp3) is 0.576. The van der Waals surface area contributed by atoms with E-state index in [9.17, 15) is 27.9 Å². The lowest BCUT2D eigenvalue weighted by Crippen LogP contribution is -2.49. The fourth-order valence-electron chi connectivity index (χ4n) is 7.41. The Morgan fingerprint density at radius 3 is 2.19 bits per heavy atom. The number of methoxy groups -OCH3 is 1. The van der Waals surface area contributed by atoms with Crippen LogP contribution in [0.3, 0.4) is 0 Å². The lowest BCUT2D eigenvalue weighted by Gasteiger charge is -2.37. The van der Waals surface area contributed by atoms with E-state index in [4.69, 9.17) is 4.74 Å². The summed E-state index contributed by atoms with van der Waals surface area (Å²) in [5.74, 6) is -1.68. The maximum absolute atomic E-state index is 14.4. The second-order valence-electron chi connectivity index (χ2n) is 13.5. The number of hydrogen-bond acceptors (Lipinski definition) is 4. The Labute approximate surface area is 245 Å². The predicted octanol–water partition coefficient (Wildman–Crippen LogP) is 6.84. The minimum Gasteiger partial charge on any atom is -0.496 e. The predicted molar refractivity (Wildman–Crippen MR) is 153 cm³/mol. The summed E-state index contributed by atoms with van der Waals surface area (Å²) < 4.78 is 46.1. The SMILES string of the molecule is COc1ccc(C(F)(F)F)cc1CN[C@@H]1[C@@H](C(C)(C)C)[C@H](C(=O)O)N(C(=O)C2CCC3(CC2)CC3)[C@@H]1c1ccccc1. The monoisotopic (exact) mass is 586 g/mol. The molecule has 0 aromatic heterocycles. The molecular formula is C33H41F3N2O4. The van der Waals surface area contributed by atoms with Gasteiger partial charge in [0, 0.05) is 30.0 Å². The largest absolute Gasteiger partial charge is 0.496 e. The van der Waals surface area contributed by atoms with Gasteiger partial charge in [0.25, 0.3) is 0 Å². The highest BCUT2D eigenvalue weighted by molar-refractivity contribution is 5.87. The molecule has 9 heteroatoms. The Morgan fingerprint density at radius 2 is 1.67 bits per heavy atom. The summed E-state index contributed by atoms with van der Waals surface area (Å²) in [5.41, 5.74) is 0.155. The number of carbonyl (C=O) groups is 2. The molecule has 2 aliphatic carbocycles. The lowest BCUT2D eigenvalue weighted by atomic mass is 9.72. The topological polar surface area (TPSA) is 78.9 Å².